The zero-order chi connectivity index (χ0) is 13.1. The van der Waals surface area contributed by atoms with Gasteiger partial charge in [0, 0.05) is 24.1 Å². The van der Waals surface area contributed by atoms with Crippen molar-refractivity contribution in [3.63, 3.8) is 0 Å². The van der Waals surface area contributed by atoms with Crippen LogP contribution in [0.15, 0.2) is 36.9 Å². The van der Waals surface area contributed by atoms with Crippen molar-refractivity contribution in [1.82, 2.24) is 9.55 Å². The number of imidazole rings is 1. The smallest absolute Gasteiger partial charge is 0.307 e. The average molecular weight is 267 g/mol. The molecule has 92 valence electrons. The number of nitrogens with zero attached hydrogens (tertiary/aromatic N) is 3. The highest BCUT2D eigenvalue weighted by molar-refractivity contribution is 6.33. The number of hydrogen-bond acceptors (Lipinski definition) is 4. The molecule has 0 saturated carbocycles. The number of nitro benzene ring substituents is 1. The summed E-state index contributed by atoms with van der Waals surface area (Å²) in [5.41, 5.74) is 0.154. The molecule has 8 heteroatoms. The second-order valence-electron chi connectivity index (χ2n) is 3.32. The molecule has 1 aromatic carbocycles. The molecule has 1 amide bonds. The molecular formula is C10H7ClN4O3. The fraction of sp³-hybridized carbons (Fsp3) is 0. The highest BCUT2D eigenvalue weighted by atomic mass is 35.5. The van der Waals surface area contributed by atoms with Gasteiger partial charge in [0.15, 0.2) is 0 Å². The number of carbonyl (C=O) groups is 1. The molecule has 0 spiro atoms. The van der Waals surface area contributed by atoms with Crippen molar-refractivity contribution in [3.8, 4) is 0 Å². The lowest BCUT2D eigenvalue weighted by Crippen LogP contribution is -2.17. The van der Waals surface area contributed by atoms with Gasteiger partial charge in [-0.3, -0.25) is 14.7 Å². The van der Waals surface area contributed by atoms with Gasteiger partial charge in [-0.05, 0) is 12.1 Å². The first-order valence-corrected chi connectivity index (χ1v) is 5.19. The Morgan fingerprint density at radius 3 is 2.83 bits per heavy atom. The van der Waals surface area contributed by atoms with E-state index in [9.17, 15) is 14.9 Å². The first-order chi connectivity index (χ1) is 8.58. The molecule has 0 fully saturated rings. The van der Waals surface area contributed by atoms with Gasteiger partial charge in [0.05, 0.1) is 4.92 Å². The first-order valence-electron chi connectivity index (χ1n) is 4.81. The molecule has 0 unspecified atom stereocenters. The van der Waals surface area contributed by atoms with E-state index in [2.05, 4.69) is 10.3 Å². The average Bonchev–Trinajstić information content (AvgIpc) is 2.81. The van der Waals surface area contributed by atoms with Crippen LogP contribution in [0, 0.1) is 10.1 Å². The molecule has 1 heterocycles. The molecular weight excluding hydrogens is 260 g/mol. The second-order valence-corrected chi connectivity index (χ2v) is 3.73. The number of rotatable bonds is 2. The molecule has 7 nitrogen and oxygen atoms in total. The minimum Gasteiger partial charge on any atom is -0.307 e. The van der Waals surface area contributed by atoms with Crippen LogP contribution in [0.25, 0.3) is 0 Å². The Kier molecular flexibility index (Phi) is 3.24. The molecule has 0 aliphatic carbocycles. The molecule has 1 aromatic heterocycles. The van der Waals surface area contributed by atoms with Gasteiger partial charge >= 0.3 is 6.03 Å². The lowest BCUT2D eigenvalue weighted by Gasteiger charge is -2.05. The fourth-order valence-corrected chi connectivity index (χ4v) is 1.55. The van der Waals surface area contributed by atoms with Crippen molar-refractivity contribution in [3.05, 3.63) is 52.1 Å². The van der Waals surface area contributed by atoms with Crippen molar-refractivity contribution in [2.45, 2.75) is 0 Å². The highest BCUT2D eigenvalue weighted by Crippen LogP contribution is 2.27. The van der Waals surface area contributed by atoms with E-state index in [1.165, 1.54) is 41.5 Å². The van der Waals surface area contributed by atoms with E-state index in [1.807, 2.05) is 0 Å². The van der Waals surface area contributed by atoms with Gasteiger partial charge in [-0.2, -0.15) is 0 Å². The van der Waals surface area contributed by atoms with Crippen LogP contribution in [-0.2, 0) is 0 Å². The van der Waals surface area contributed by atoms with Crippen LogP contribution in [0.5, 0.6) is 0 Å². The number of anilines is 1. The van der Waals surface area contributed by atoms with Gasteiger partial charge < -0.3 is 5.32 Å². The largest absolute Gasteiger partial charge is 0.331 e. The predicted molar refractivity (Wildman–Crippen MR) is 64.8 cm³/mol. The maximum atomic E-state index is 11.6. The van der Waals surface area contributed by atoms with Gasteiger partial charge in [-0.25, -0.2) is 9.78 Å². The van der Waals surface area contributed by atoms with Crippen LogP contribution < -0.4 is 5.32 Å². The maximum absolute atomic E-state index is 11.6. The van der Waals surface area contributed by atoms with Gasteiger partial charge in [0.25, 0.3) is 5.69 Å². The number of nitrogens with one attached hydrogen (secondary N) is 1. The van der Waals surface area contributed by atoms with Crippen LogP contribution in [0.4, 0.5) is 16.2 Å². The number of amides is 1. The Morgan fingerprint density at radius 2 is 2.28 bits per heavy atom. The minimum absolute atomic E-state index is 0.0385. The number of benzene rings is 1. The topological polar surface area (TPSA) is 90.1 Å². The van der Waals surface area contributed by atoms with Crippen molar-refractivity contribution in [2.24, 2.45) is 0 Å². The van der Waals surface area contributed by atoms with E-state index in [0.29, 0.717) is 5.69 Å². The van der Waals surface area contributed by atoms with Gasteiger partial charge in [-0.15, -0.1) is 0 Å². The molecule has 0 aliphatic rings. The first kappa shape index (κ1) is 12.1. The van der Waals surface area contributed by atoms with Gasteiger partial charge in [0.2, 0.25) is 0 Å². The number of nitro groups is 1. The standard InChI is InChI=1S/C10H7ClN4O3/c11-8-5-7(1-2-9(8)15(17)18)13-10(16)14-4-3-12-6-14/h1-6H,(H,13,16). The fourth-order valence-electron chi connectivity index (χ4n) is 1.30. The summed E-state index contributed by atoms with van der Waals surface area (Å²) in [6.45, 7) is 0. The summed E-state index contributed by atoms with van der Waals surface area (Å²) in [6.07, 6.45) is 4.27. The molecule has 0 atom stereocenters. The summed E-state index contributed by atoms with van der Waals surface area (Å²) in [5.74, 6) is 0. The lowest BCUT2D eigenvalue weighted by atomic mass is 10.3. The quantitative estimate of drug-likeness (QED) is 0.668. The maximum Gasteiger partial charge on any atom is 0.331 e. The van der Waals surface area contributed by atoms with E-state index >= 15 is 0 Å². The number of aromatic nitrogens is 2. The SMILES string of the molecule is O=C(Nc1ccc([N+](=O)[O-])c(Cl)c1)n1ccnc1. The Bertz CT molecular complexity index is 597. The van der Waals surface area contributed by atoms with Crippen LogP contribution in [0.2, 0.25) is 5.02 Å². The Balaban J connectivity index is 2.18. The van der Waals surface area contributed by atoms with E-state index in [-0.39, 0.29) is 10.7 Å². The van der Waals surface area contributed by atoms with Crippen molar-refractivity contribution < 1.29 is 9.72 Å². The summed E-state index contributed by atoms with van der Waals surface area (Å²) in [6, 6.07) is 3.51. The Labute approximate surface area is 106 Å². The van der Waals surface area contributed by atoms with Crippen molar-refractivity contribution in [2.75, 3.05) is 5.32 Å². The third kappa shape index (κ3) is 2.46. The zero-order valence-corrected chi connectivity index (χ0v) is 9.66. The van der Waals surface area contributed by atoms with Gasteiger partial charge in [0.1, 0.15) is 11.3 Å². The molecule has 1 N–H and O–H groups in total. The molecule has 18 heavy (non-hydrogen) atoms. The third-order valence-corrected chi connectivity index (χ3v) is 2.44. The second kappa shape index (κ2) is 4.84. The highest BCUT2D eigenvalue weighted by Gasteiger charge is 2.13. The predicted octanol–water partition coefficient (Wildman–Crippen LogP) is 2.52. The van der Waals surface area contributed by atoms with E-state index in [1.54, 1.807) is 0 Å². The normalized spacial score (nSPS) is 10.1. The van der Waals surface area contributed by atoms with Crippen molar-refractivity contribution in [1.29, 1.82) is 0 Å². The van der Waals surface area contributed by atoms with Crippen LogP contribution in [-0.4, -0.2) is 20.5 Å². The summed E-state index contributed by atoms with van der Waals surface area (Å²) in [7, 11) is 0. The number of carbonyl (C=O) groups excluding carboxylic acids is 1. The molecule has 2 rings (SSSR count). The molecule has 0 bridgehead atoms. The lowest BCUT2D eigenvalue weighted by molar-refractivity contribution is -0.384. The van der Waals surface area contributed by atoms with Crippen LogP contribution >= 0.6 is 11.6 Å². The Hall–Kier alpha value is -2.41. The zero-order valence-electron chi connectivity index (χ0n) is 8.91. The minimum atomic E-state index is -0.593. The van der Waals surface area contributed by atoms with Crippen LogP contribution in [0.3, 0.4) is 0 Å². The third-order valence-electron chi connectivity index (χ3n) is 2.13. The van der Waals surface area contributed by atoms with Gasteiger partial charge in [-0.1, -0.05) is 11.6 Å². The summed E-state index contributed by atoms with van der Waals surface area (Å²) in [5, 5.41) is 13.1. The summed E-state index contributed by atoms with van der Waals surface area (Å²) in [4.78, 5) is 25.3. The molecule has 0 aliphatic heterocycles. The van der Waals surface area contributed by atoms with E-state index in [4.69, 9.17) is 11.6 Å². The summed E-state index contributed by atoms with van der Waals surface area (Å²) >= 11 is 5.72. The van der Waals surface area contributed by atoms with Crippen molar-refractivity contribution >= 4 is 29.0 Å². The number of hydrogen-bond donors (Lipinski definition) is 1. The molecule has 2 aromatic rings. The molecule has 0 saturated heterocycles. The van der Waals surface area contributed by atoms with E-state index in [0.717, 1.165) is 0 Å². The Morgan fingerprint density at radius 1 is 1.50 bits per heavy atom. The number of halogens is 1. The summed E-state index contributed by atoms with van der Waals surface area (Å²) < 4.78 is 1.23. The molecule has 0 radical (unpaired) electrons. The van der Waals surface area contributed by atoms with E-state index < -0.39 is 11.0 Å². The monoisotopic (exact) mass is 266 g/mol. The van der Waals surface area contributed by atoms with Crippen LogP contribution in [0.1, 0.15) is 0 Å².